The molecule has 0 amide bonds. The average molecular weight is 248 g/mol. The van der Waals surface area contributed by atoms with Crippen molar-refractivity contribution in [1.29, 1.82) is 0 Å². The van der Waals surface area contributed by atoms with E-state index in [0.717, 1.165) is 28.4 Å². The van der Waals surface area contributed by atoms with Gasteiger partial charge in [-0.15, -0.1) is 5.10 Å². The second-order valence-electron chi connectivity index (χ2n) is 3.95. The molecule has 2 aromatic rings. The summed E-state index contributed by atoms with van der Waals surface area (Å²) in [7, 11) is 0. The molecule has 0 bridgehead atoms. The molecule has 2 aromatic heterocycles. The highest BCUT2D eigenvalue weighted by Crippen LogP contribution is 2.26. The smallest absolute Gasteiger partial charge is 0.0776 e. The average Bonchev–Trinajstić information content (AvgIpc) is 2.74. The molecule has 2 heterocycles. The quantitative estimate of drug-likeness (QED) is 0.901. The Kier molecular flexibility index (Phi) is 3.81. The van der Waals surface area contributed by atoms with Gasteiger partial charge >= 0.3 is 0 Å². The molecule has 1 unspecified atom stereocenters. The van der Waals surface area contributed by atoms with Crippen LogP contribution in [0.1, 0.15) is 34.8 Å². The molecule has 0 aromatic carbocycles. The van der Waals surface area contributed by atoms with Gasteiger partial charge in [0.25, 0.3) is 0 Å². The Hall–Kier alpha value is -1.33. The lowest BCUT2D eigenvalue weighted by molar-refractivity contribution is 0.633. The largest absolute Gasteiger partial charge is 0.306 e. The van der Waals surface area contributed by atoms with Crippen LogP contribution in [0.25, 0.3) is 0 Å². The van der Waals surface area contributed by atoms with Crippen LogP contribution in [-0.2, 0) is 0 Å². The van der Waals surface area contributed by atoms with Gasteiger partial charge in [-0.1, -0.05) is 17.5 Å². The van der Waals surface area contributed by atoms with Gasteiger partial charge in [0.2, 0.25) is 0 Å². The third-order valence-corrected chi connectivity index (χ3v) is 3.52. The van der Waals surface area contributed by atoms with Gasteiger partial charge in [0, 0.05) is 11.9 Å². The predicted octanol–water partition coefficient (Wildman–Crippen LogP) is 2.25. The number of rotatable bonds is 4. The van der Waals surface area contributed by atoms with Crippen LogP contribution >= 0.6 is 11.5 Å². The van der Waals surface area contributed by atoms with Crippen LogP contribution in [0.15, 0.2) is 18.3 Å². The van der Waals surface area contributed by atoms with Crippen molar-refractivity contribution in [2.24, 2.45) is 0 Å². The summed E-state index contributed by atoms with van der Waals surface area (Å²) in [4.78, 5) is 5.51. The maximum Gasteiger partial charge on any atom is 0.0776 e. The Labute approximate surface area is 105 Å². The van der Waals surface area contributed by atoms with E-state index in [2.05, 4.69) is 32.9 Å². The van der Waals surface area contributed by atoms with Gasteiger partial charge in [-0.3, -0.25) is 4.98 Å². The third-order valence-electron chi connectivity index (χ3n) is 2.62. The standard InChI is InChI=1S/C12H16N4S/c1-4-13-11(12-9(3)15-16-17-12)10-6-5-8(2)14-7-10/h5-7,11,13H,4H2,1-3H3. The van der Waals surface area contributed by atoms with Gasteiger partial charge in [0.15, 0.2) is 0 Å². The molecule has 0 saturated carbocycles. The number of hydrogen-bond acceptors (Lipinski definition) is 5. The zero-order valence-electron chi connectivity index (χ0n) is 10.3. The molecular formula is C12H16N4S. The van der Waals surface area contributed by atoms with Crippen molar-refractivity contribution in [1.82, 2.24) is 19.9 Å². The number of aromatic nitrogens is 3. The minimum atomic E-state index is 0.146. The summed E-state index contributed by atoms with van der Waals surface area (Å²) in [6, 6.07) is 4.28. The maximum absolute atomic E-state index is 4.35. The van der Waals surface area contributed by atoms with E-state index in [1.54, 1.807) is 0 Å². The maximum atomic E-state index is 4.35. The topological polar surface area (TPSA) is 50.7 Å². The molecule has 0 radical (unpaired) electrons. The number of aryl methyl sites for hydroxylation is 2. The van der Waals surface area contributed by atoms with Crippen molar-refractivity contribution < 1.29 is 0 Å². The summed E-state index contributed by atoms with van der Waals surface area (Å²) in [5, 5.41) is 7.52. The van der Waals surface area contributed by atoms with Crippen molar-refractivity contribution in [3.8, 4) is 0 Å². The van der Waals surface area contributed by atoms with Gasteiger partial charge in [-0.25, -0.2) is 0 Å². The van der Waals surface area contributed by atoms with E-state index in [4.69, 9.17) is 0 Å². The normalized spacial score (nSPS) is 12.6. The van der Waals surface area contributed by atoms with E-state index in [1.165, 1.54) is 11.5 Å². The minimum Gasteiger partial charge on any atom is -0.306 e. The number of hydrogen-bond donors (Lipinski definition) is 1. The molecule has 0 saturated heterocycles. The van der Waals surface area contributed by atoms with Crippen molar-refractivity contribution >= 4 is 11.5 Å². The highest BCUT2D eigenvalue weighted by molar-refractivity contribution is 7.05. The summed E-state index contributed by atoms with van der Waals surface area (Å²) in [6.45, 7) is 6.98. The van der Waals surface area contributed by atoms with Gasteiger partial charge in [-0.2, -0.15) is 0 Å². The van der Waals surface area contributed by atoms with E-state index in [-0.39, 0.29) is 6.04 Å². The molecular weight excluding hydrogens is 232 g/mol. The Balaban J connectivity index is 2.35. The highest BCUT2D eigenvalue weighted by Gasteiger charge is 2.18. The van der Waals surface area contributed by atoms with Gasteiger partial charge in [0.05, 0.1) is 16.6 Å². The molecule has 2 rings (SSSR count). The van der Waals surface area contributed by atoms with E-state index in [0.29, 0.717) is 0 Å². The highest BCUT2D eigenvalue weighted by atomic mass is 32.1. The van der Waals surface area contributed by atoms with E-state index in [1.807, 2.05) is 26.1 Å². The minimum absolute atomic E-state index is 0.146. The Morgan fingerprint density at radius 3 is 2.71 bits per heavy atom. The van der Waals surface area contributed by atoms with E-state index in [9.17, 15) is 0 Å². The lowest BCUT2D eigenvalue weighted by atomic mass is 10.1. The van der Waals surface area contributed by atoms with Crippen LogP contribution in [0.2, 0.25) is 0 Å². The molecule has 90 valence electrons. The first kappa shape index (κ1) is 12.1. The molecule has 17 heavy (non-hydrogen) atoms. The van der Waals surface area contributed by atoms with Crippen LogP contribution in [-0.4, -0.2) is 21.1 Å². The van der Waals surface area contributed by atoms with Crippen molar-refractivity contribution in [3.05, 3.63) is 40.2 Å². The number of nitrogens with one attached hydrogen (secondary N) is 1. The Morgan fingerprint density at radius 1 is 1.35 bits per heavy atom. The van der Waals surface area contributed by atoms with E-state index >= 15 is 0 Å². The SMILES string of the molecule is CCNC(c1ccc(C)nc1)c1snnc1C. The Morgan fingerprint density at radius 2 is 2.18 bits per heavy atom. The lowest BCUT2D eigenvalue weighted by Gasteiger charge is -2.16. The van der Waals surface area contributed by atoms with Crippen LogP contribution in [0.3, 0.4) is 0 Å². The summed E-state index contributed by atoms with van der Waals surface area (Å²) < 4.78 is 4.00. The lowest BCUT2D eigenvalue weighted by Crippen LogP contribution is -2.22. The Bertz CT molecular complexity index is 478. The van der Waals surface area contributed by atoms with Gasteiger partial charge < -0.3 is 5.32 Å². The molecule has 0 aliphatic heterocycles. The van der Waals surface area contributed by atoms with Crippen LogP contribution < -0.4 is 5.32 Å². The summed E-state index contributed by atoms with van der Waals surface area (Å²) in [5.74, 6) is 0. The molecule has 0 fully saturated rings. The fourth-order valence-electron chi connectivity index (χ4n) is 1.72. The molecule has 0 aliphatic carbocycles. The van der Waals surface area contributed by atoms with Crippen LogP contribution in [0, 0.1) is 13.8 Å². The predicted molar refractivity (Wildman–Crippen MR) is 69.1 cm³/mol. The summed E-state index contributed by atoms with van der Waals surface area (Å²) >= 11 is 1.45. The molecule has 4 nitrogen and oxygen atoms in total. The molecule has 5 heteroatoms. The third kappa shape index (κ3) is 2.68. The van der Waals surface area contributed by atoms with Crippen LogP contribution in [0.5, 0.6) is 0 Å². The summed E-state index contributed by atoms with van der Waals surface area (Å²) in [5.41, 5.74) is 3.18. The molecule has 1 atom stereocenters. The first-order valence-corrected chi connectivity index (χ1v) is 6.44. The van der Waals surface area contributed by atoms with Crippen LogP contribution in [0.4, 0.5) is 0 Å². The fourth-order valence-corrected chi connectivity index (χ4v) is 2.47. The summed E-state index contributed by atoms with van der Waals surface area (Å²) in [6.07, 6.45) is 1.92. The first-order valence-electron chi connectivity index (χ1n) is 5.67. The van der Waals surface area contributed by atoms with Crippen molar-refractivity contribution in [2.75, 3.05) is 6.54 Å². The fraction of sp³-hybridized carbons (Fsp3) is 0.417. The molecule has 0 aliphatic rings. The number of pyridine rings is 1. The molecule has 0 spiro atoms. The monoisotopic (exact) mass is 248 g/mol. The van der Waals surface area contributed by atoms with Crippen molar-refractivity contribution in [3.63, 3.8) is 0 Å². The molecule has 1 N–H and O–H groups in total. The van der Waals surface area contributed by atoms with E-state index < -0.39 is 0 Å². The second kappa shape index (κ2) is 5.33. The first-order chi connectivity index (χ1) is 8.22. The zero-order valence-corrected chi connectivity index (χ0v) is 11.1. The van der Waals surface area contributed by atoms with Gasteiger partial charge in [0.1, 0.15) is 0 Å². The van der Waals surface area contributed by atoms with Gasteiger partial charge in [-0.05, 0) is 43.6 Å². The zero-order chi connectivity index (χ0) is 12.3. The number of nitrogens with zero attached hydrogens (tertiary/aromatic N) is 3. The van der Waals surface area contributed by atoms with Crippen molar-refractivity contribution in [2.45, 2.75) is 26.8 Å². The second-order valence-corrected chi connectivity index (χ2v) is 4.73.